The van der Waals surface area contributed by atoms with Gasteiger partial charge < -0.3 is 20.7 Å². The molecule has 0 aliphatic heterocycles. The van der Waals surface area contributed by atoms with Gasteiger partial charge in [-0.1, -0.05) is 39.8 Å². The summed E-state index contributed by atoms with van der Waals surface area (Å²) in [7, 11) is 1.73. The summed E-state index contributed by atoms with van der Waals surface area (Å²) in [5, 5.41) is 9.50. The number of nitrogens with zero attached hydrogens (tertiary/aromatic N) is 1. The van der Waals surface area contributed by atoms with Crippen molar-refractivity contribution >= 4 is 35.8 Å². The highest BCUT2D eigenvalue weighted by atomic mass is 127. The minimum absolute atomic E-state index is 0. The zero-order valence-electron chi connectivity index (χ0n) is 18.1. The molecule has 0 saturated heterocycles. The molecule has 0 fully saturated rings. The molecule has 0 heterocycles. The smallest absolute Gasteiger partial charge is 0.251 e. The van der Waals surface area contributed by atoms with Crippen molar-refractivity contribution in [2.45, 2.75) is 53.7 Å². The SMILES string of the molecule is CCCNC(=O)c1cccc(CN=C(NCC)NCC(OC)C(C)(C)C)c1.I. The second-order valence-electron chi connectivity index (χ2n) is 7.62. The Morgan fingerprint density at radius 2 is 1.89 bits per heavy atom. The molecule has 0 bridgehead atoms. The number of benzene rings is 1. The third kappa shape index (κ3) is 9.73. The lowest BCUT2D eigenvalue weighted by Crippen LogP contribution is -2.45. The topological polar surface area (TPSA) is 74.8 Å². The quantitative estimate of drug-likeness (QED) is 0.273. The van der Waals surface area contributed by atoms with Gasteiger partial charge in [-0.15, -0.1) is 24.0 Å². The number of hydrogen-bond acceptors (Lipinski definition) is 3. The summed E-state index contributed by atoms with van der Waals surface area (Å²) in [4.78, 5) is 16.8. The van der Waals surface area contributed by atoms with Crippen LogP contribution in [0.3, 0.4) is 0 Å². The van der Waals surface area contributed by atoms with Crippen LogP contribution in [0.4, 0.5) is 0 Å². The summed E-state index contributed by atoms with van der Waals surface area (Å²) in [6.45, 7) is 13.2. The zero-order valence-corrected chi connectivity index (χ0v) is 20.4. The summed E-state index contributed by atoms with van der Waals surface area (Å²) in [6.07, 6.45) is 0.997. The van der Waals surface area contributed by atoms with Crippen LogP contribution < -0.4 is 16.0 Å². The first-order valence-corrected chi connectivity index (χ1v) is 9.73. The molecule has 0 aliphatic carbocycles. The van der Waals surface area contributed by atoms with Crippen molar-refractivity contribution in [1.82, 2.24) is 16.0 Å². The molecule has 160 valence electrons. The van der Waals surface area contributed by atoms with Crippen molar-refractivity contribution < 1.29 is 9.53 Å². The standard InChI is InChI=1S/C21H36N4O2.HI/c1-7-12-23-19(26)17-11-9-10-16(13-17)14-24-20(22-8-2)25-15-18(27-6)21(3,4)5;/h9-11,13,18H,7-8,12,14-15H2,1-6H3,(H,23,26)(H2,22,24,25);1H. The molecule has 1 unspecified atom stereocenters. The Bertz CT molecular complexity index is 615. The summed E-state index contributed by atoms with van der Waals surface area (Å²) in [5.41, 5.74) is 1.70. The zero-order chi connectivity index (χ0) is 20.3. The Kier molecular flexibility index (Phi) is 13.1. The van der Waals surface area contributed by atoms with E-state index >= 15 is 0 Å². The van der Waals surface area contributed by atoms with Gasteiger partial charge in [0.05, 0.1) is 12.6 Å². The molecule has 1 atom stereocenters. The lowest BCUT2D eigenvalue weighted by molar-refractivity contribution is 0.0205. The Morgan fingerprint density at radius 3 is 2.46 bits per heavy atom. The Labute approximate surface area is 187 Å². The normalized spacial score (nSPS) is 12.7. The van der Waals surface area contributed by atoms with E-state index < -0.39 is 0 Å². The van der Waals surface area contributed by atoms with Crippen molar-refractivity contribution in [3.8, 4) is 0 Å². The Balaban J connectivity index is 0.00000729. The Morgan fingerprint density at radius 1 is 1.18 bits per heavy atom. The van der Waals surface area contributed by atoms with Gasteiger partial charge in [0.1, 0.15) is 0 Å². The summed E-state index contributed by atoms with van der Waals surface area (Å²) < 4.78 is 5.59. The molecule has 1 rings (SSSR count). The predicted octanol–water partition coefficient (Wildman–Crippen LogP) is 3.56. The minimum Gasteiger partial charge on any atom is -0.379 e. The van der Waals surface area contributed by atoms with Gasteiger partial charge in [0.2, 0.25) is 0 Å². The predicted molar refractivity (Wildman–Crippen MR) is 128 cm³/mol. The summed E-state index contributed by atoms with van der Waals surface area (Å²) >= 11 is 0. The van der Waals surface area contributed by atoms with Gasteiger partial charge in [0, 0.05) is 32.3 Å². The summed E-state index contributed by atoms with van der Waals surface area (Å²) in [5.74, 6) is 0.700. The first-order chi connectivity index (χ1) is 12.8. The number of aliphatic imine (C=N–C) groups is 1. The number of rotatable bonds is 9. The van der Waals surface area contributed by atoms with Gasteiger partial charge in [-0.25, -0.2) is 4.99 Å². The van der Waals surface area contributed by atoms with Gasteiger partial charge in [0.25, 0.3) is 5.91 Å². The number of ether oxygens (including phenoxy) is 1. The van der Waals surface area contributed by atoms with Crippen molar-refractivity contribution in [1.29, 1.82) is 0 Å². The number of carbonyl (C=O) groups is 1. The van der Waals surface area contributed by atoms with Gasteiger partial charge >= 0.3 is 0 Å². The highest BCUT2D eigenvalue weighted by Gasteiger charge is 2.24. The average Bonchev–Trinajstić information content (AvgIpc) is 2.63. The fourth-order valence-electron chi connectivity index (χ4n) is 2.60. The molecule has 1 amide bonds. The highest BCUT2D eigenvalue weighted by molar-refractivity contribution is 14.0. The van der Waals surface area contributed by atoms with Gasteiger partial charge in [-0.05, 0) is 36.5 Å². The minimum atomic E-state index is -0.0409. The van der Waals surface area contributed by atoms with Crippen LogP contribution in [0.15, 0.2) is 29.3 Å². The van der Waals surface area contributed by atoms with Crippen molar-refractivity contribution in [2.24, 2.45) is 10.4 Å². The number of methoxy groups -OCH3 is 1. The largest absolute Gasteiger partial charge is 0.379 e. The number of amides is 1. The second kappa shape index (κ2) is 13.8. The monoisotopic (exact) mass is 504 g/mol. The van der Waals surface area contributed by atoms with Crippen molar-refractivity contribution in [3.63, 3.8) is 0 Å². The van der Waals surface area contributed by atoms with Crippen molar-refractivity contribution in [3.05, 3.63) is 35.4 Å². The van der Waals surface area contributed by atoms with Crippen LogP contribution in [0.2, 0.25) is 0 Å². The van der Waals surface area contributed by atoms with Crippen LogP contribution in [-0.2, 0) is 11.3 Å². The van der Waals surface area contributed by atoms with E-state index in [0.29, 0.717) is 25.2 Å². The average molecular weight is 504 g/mol. The van der Waals surface area contributed by atoms with Crippen LogP contribution in [0.5, 0.6) is 0 Å². The molecular weight excluding hydrogens is 467 g/mol. The number of guanidine groups is 1. The molecule has 1 aromatic carbocycles. The molecule has 0 aliphatic rings. The van der Waals surface area contributed by atoms with Crippen LogP contribution in [0, 0.1) is 5.41 Å². The third-order valence-electron chi connectivity index (χ3n) is 4.19. The first kappa shape index (κ1) is 26.6. The molecule has 0 spiro atoms. The van der Waals surface area contributed by atoms with E-state index in [2.05, 4.69) is 41.7 Å². The molecule has 7 heteroatoms. The van der Waals surface area contributed by atoms with Crippen LogP contribution in [0.25, 0.3) is 0 Å². The number of hydrogen-bond donors (Lipinski definition) is 3. The highest BCUT2D eigenvalue weighted by Crippen LogP contribution is 2.20. The second-order valence-corrected chi connectivity index (χ2v) is 7.62. The summed E-state index contributed by atoms with van der Waals surface area (Å²) in [6, 6.07) is 7.60. The van der Waals surface area contributed by atoms with E-state index in [0.717, 1.165) is 24.5 Å². The maximum absolute atomic E-state index is 12.1. The third-order valence-corrected chi connectivity index (χ3v) is 4.19. The van der Waals surface area contributed by atoms with E-state index in [9.17, 15) is 4.79 Å². The molecule has 6 nitrogen and oxygen atoms in total. The molecule has 0 aromatic heterocycles. The lowest BCUT2D eigenvalue weighted by atomic mass is 9.89. The molecule has 1 aromatic rings. The van der Waals surface area contributed by atoms with E-state index in [4.69, 9.17) is 4.74 Å². The number of nitrogens with one attached hydrogen (secondary N) is 3. The van der Waals surface area contributed by atoms with Crippen LogP contribution >= 0.6 is 24.0 Å². The fourth-order valence-corrected chi connectivity index (χ4v) is 2.60. The van der Waals surface area contributed by atoms with E-state index in [1.807, 2.05) is 38.1 Å². The van der Waals surface area contributed by atoms with Gasteiger partial charge in [0.15, 0.2) is 5.96 Å². The molecule has 0 saturated carbocycles. The fraction of sp³-hybridized carbons (Fsp3) is 0.619. The van der Waals surface area contributed by atoms with E-state index in [1.54, 1.807) is 7.11 Å². The van der Waals surface area contributed by atoms with E-state index in [-0.39, 0.29) is 41.4 Å². The van der Waals surface area contributed by atoms with Crippen LogP contribution in [-0.4, -0.2) is 44.7 Å². The van der Waals surface area contributed by atoms with Gasteiger partial charge in [-0.3, -0.25) is 4.79 Å². The number of carbonyl (C=O) groups excluding carboxylic acids is 1. The maximum atomic E-state index is 12.1. The maximum Gasteiger partial charge on any atom is 0.251 e. The lowest BCUT2D eigenvalue weighted by Gasteiger charge is -2.30. The molecule has 28 heavy (non-hydrogen) atoms. The molecule has 0 radical (unpaired) electrons. The van der Waals surface area contributed by atoms with Crippen LogP contribution in [0.1, 0.15) is 57.0 Å². The van der Waals surface area contributed by atoms with E-state index in [1.165, 1.54) is 0 Å². The molecule has 3 N–H and O–H groups in total. The van der Waals surface area contributed by atoms with Crippen molar-refractivity contribution in [2.75, 3.05) is 26.7 Å². The van der Waals surface area contributed by atoms with Gasteiger partial charge in [-0.2, -0.15) is 0 Å². The molecular formula is C21H37IN4O2. The number of halogens is 1. The Hall–Kier alpha value is -1.35. The first-order valence-electron chi connectivity index (χ1n) is 9.73.